The summed E-state index contributed by atoms with van der Waals surface area (Å²) in [5, 5.41) is 10.8. The van der Waals surface area contributed by atoms with Crippen LogP contribution >= 0.6 is 0 Å². The van der Waals surface area contributed by atoms with Gasteiger partial charge in [-0.3, -0.25) is 14.5 Å². The lowest BCUT2D eigenvalue weighted by atomic mass is 9.92. The quantitative estimate of drug-likeness (QED) is 0.555. The van der Waals surface area contributed by atoms with Crippen LogP contribution < -0.4 is 14.6 Å². The van der Waals surface area contributed by atoms with Crippen molar-refractivity contribution in [2.45, 2.75) is 6.42 Å². The standard InChI is InChI=1S/C21H19NO6/c1-27-14-9-13(10-15(12-14)28-2)11-18-16-5-3-4-6-17(16)20(25)22(21(18)26)8-7-19(23)24/h3-6,9-12H,7-8H2,1-2H3,(H,23,24)/p-1/b18-11-. The van der Waals surface area contributed by atoms with E-state index in [9.17, 15) is 19.5 Å². The Labute approximate surface area is 161 Å². The Morgan fingerprint density at radius 3 is 2.18 bits per heavy atom. The first-order valence-corrected chi connectivity index (χ1v) is 8.54. The van der Waals surface area contributed by atoms with Gasteiger partial charge in [-0.2, -0.15) is 0 Å². The third-order valence-electron chi connectivity index (χ3n) is 4.39. The monoisotopic (exact) mass is 380 g/mol. The zero-order valence-corrected chi connectivity index (χ0v) is 15.4. The minimum Gasteiger partial charge on any atom is -0.550 e. The Hall–Kier alpha value is -3.61. The number of rotatable bonds is 6. The van der Waals surface area contributed by atoms with Crippen LogP contribution in [0.4, 0.5) is 0 Å². The molecular weight excluding hydrogens is 362 g/mol. The highest BCUT2D eigenvalue weighted by Gasteiger charge is 2.34. The van der Waals surface area contributed by atoms with Crippen LogP contribution in [0.3, 0.4) is 0 Å². The van der Waals surface area contributed by atoms with Crippen molar-refractivity contribution < 1.29 is 29.0 Å². The Bertz CT molecular complexity index is 956. The molecule has 0 unspecified atom stereocenters. The smallest absolute Gasteiger partial charge is 0.261 e. The van der Waals surface area contributed by atoms with Crippen LogP contribution in [0.2, 0.25) is 0 Å². The van der Waals surface area contributed by atoms with Gasteiger partial charge < -0.3 is 19.4 Å². The van der Waals surface area contributed by atoms with E-state index >= 15 is 0 Å². The summed E-state index contributed by atoms with van der Waals surface area (Å²) in [5.74, 6) is -1.32. The largest absolute Gasteiger partial charge is 0.550 e. The number of ether oxygens (including phenoxy) is 2. The minimum absolute atomic E-state index is 0.257. The SMILES string of the molecule is COc1cc(/C=C2\C(=O)N(CCC(=O)[O-])C(=O)c3ccccc32)cc(OC)c1. The van der Waals surface area contributed by atoms with Gasteiger partial charge >= 0.3 is 0 Å². The summed E-state index contributed by atoms with van der Waals surface area (Å²) in [5.41, 5.74) is 1.75. The summed E-state index contributed by atoms with van der Waals surface area (Å²) in [6.45, 7) is -0.257. The molecule has 0 aromatic heterocycles. The first kappa shape index (κ1) is 19.2. The van der Waals surface area contributed by atoms with Crippen LogP contribution in [0.15, 0.2) is 42.5 Å². The molecule has 7 nitrogen and oxygen atoms in total. The van der Waals surface area contributed by atoms with Gasteiger partial charge in [0.1, 0.15) is 11.5 Å². The molecular formula is C21H18NO6-. The average molecular weight is 380 g/mol. The lowest BCUT2D eigenvalue weighted by Crippen LogP contribution is -2.43. The summed E-state index contributed by atoms with van der Waals surface area (Å²) < 4.78 is 10.5. The number of carboxylic acid groups (broad SMARTS) is 1. The average Bonchev–Trinajstić information content (AvgIpc) is 2.70. The number of fused-ring (bicyclic) bond motifs is 1. The molecule has 144 valence electrons. The number of aliphatic carboxylic acids is 1. The van der Waals surface area contributed by atoms with Gasteiger partial charge in [0.2, 0.25) is 0 Å². The lowest BCUT2D eigenvalue weighted by Gasteiger charge is -2.28. The topological polar surface area (TPSA) is 96.0 Å². The Morgan fingerprint density at radius 2 is 1.61 bits per heavy atom. The van der Waals surface area contributed by atoms with Gasteiger partial charge in [-0.15, -0.1) is 0 Å². The fourth-order valence-electron chi connectivity index (χ4n) is 3.03. The van der Waals surface area contributed by atoms with E-state index in [2.05, 4.69) is 0 Å². The van der Waals surface area contributed by atoms with Crippen LogP contribution in [-0.4, -0.2) is 43.4 Å². The van der Waals surface area contributed by atoms with Crippen molar-refractivity contribution in [2.24, 2.45) is 0 Å². The van der Waals surface area contributed by atoms with Crippen molar-refractivity contribution >= 4 is 29.4 Å². The van der Waals surface area contributed by atoms with Gasteiger partial charge in [0.15, 0.2) is 0 Å². The van der Waals surface area contributed by atoms with Crippen LogP contribution in [0.1, 0.15) is 27.9 Å². The van der Waals surface area contributed by atoms with Gasteiger partial charge in [-0.25, -0.2) is 0 Å². The summed E-state index contributed by atoms with van der Waals surface area (Å²) in [4.78, 5) is 37.4. The van der Waals surface area contributed by atoms with E-state index in [4.69, 9.17) is 9.47 Å². The van der Waals surface area contributed by atoms with Crippen molar-refractivity contribution in [1.82, 2.24) is 4.90 Å². The van der Waals surface area contributed by atoms with Crippen LogP contribution in [0.5, 0.6) is 11.5 Å². The molecule has 3 rings (SSSR count). The van der Waals surface area contributed by atoms with E-state index in [0.717, 1.165) is 4.90 Å². The Kier molecular flexibility index (Phi) is 5.44. The van der Waals surface area contributed by atoms with Gasteiger partial charge in [0, 0.05) is 36.1 Å². The zero-order valence-electron chi connectivity index (χ0n) is 15.4. The van der Waals surface area contributed by atoms with Crippen molar-refractivity contribution in [3.8, 4) is 11.5 Å². The normalized spacial score (nSPS) is 14.8. The molecule has 2 aromatic rings. The van der Waals surface area contributed by atoms with E-state index in [1.807, 2.05) is 0 Å². The molecule has 0 N–H and O–H groups in total. The molecule has 28 heavy (non-hydrogen) atoms. The van der Waals surface area contributed by atoms with E-state index in [0.29, 0.717) is 28.2 Å². The third kappa shape index (κ3) is 3.73. The molecule has 2 aromatic carbocycles. The first-order chi connectivity index (χ1) is 13.4. The highest BCUT2D eigenvalue weighted by atomic mass is 16.5. The molecule has 0 fully saturated rings. The van der Waals surface area contributed by atoms with Crippen molar-refractivity contribution in [1.29, 1.82) is 0 Å². The van der Waals surface area contributed by atoms with Crippen LogP contribution in [0, 0.1) is 0 Å². The number of amides is 2. The summed E-state index contributed by atoms with van der Waals surface area (Å²) in [6.07, 6.45) is 1.20. The number of imide groups is 1. The number of carboxylic acids is 1. The second-order valence-electron chi connectivity index (χ2n) is 6.13. The number of carbonyl (C=O) groups is 3. The Morgan fingerprint density at radius 1 is 1.00 bits per heavy atom. The maximum atomic E-state index is 13.0. The highest BCUT2D eigenvalue weighted by molar-refractivity contribution is 6.33. The molecule has 7 heteroatoms. The third-order valence-corrected chi connectivity index (χ3v) is 4.39. The lowest BCUT2D eigenvalue weighted by molar-refractivity contribution is -0.305. The number of hydrogen-bond acceptors (Lipinski definition) is 6. The van der Waals surface area contributed by atoms with Crippen molar-refractivity contribution in [2.75, 3.05) is 20.8 Å². The van der Waals surface area contributed by atoms with Crippen LogP contribution in [0.25, 0.3) is 11.6 Å². The van der Waals surface area contributed by atoms with Gasteiger partial charge in [0.25, 0.3) is 11.8 Å². The molecule has 0 bridgehead atoms. The zero-order chi connectivity index (χ0) is 20.3. The van der Waals surface area contributed by atoms with E-state index in [-0.39, 0.29) is 12.1 Å². The molecule has 1 aliphatic rings. The maximum absolute atomic E-state index is 13.0. The molecule has 0 spiro atoms. The van der Waals surface area contributed by atoms with E-state index in [1.165, 1.54) is 14.2 Å². The second kappa shape index (κ2) is 7.96. The molecule has 0 atom stereocenters. The van der Waals surface area contributed by atoms with Gasteiger partial charge in [0.05, 0.1) is 14.2 Å². The summed E-state index contributed by atoms with van der Waals surface area (Å²) in [7, 11) is 3.04. The Balaban J connectivity index is 2.11. The second-order valence-corrected chi connectivity index (χ2v) is 6.13. The minimum atomic E-state index is -1.33. The first-order valence-electron chi connectivity index (χ1n) is 8.54. The number of methoxy groups -OCH3 is 2. The fraction of sp³-hybridized carbons (Fsp3) is 0.190. The van der Waals surface area contributed by atoms with Crippen molar-refractivity contribution in [3.05, 3.63) is 59.2 Å². The maximum Gasteiger partial charge on any atom is 0.261 e. The summed E-state index contributed by atoms with van der Waals surface area (Å²) >= 11 is 0. The number of nitrogens with zero attached hydrogens (tertiary/aromatic N) is 1. The predicted molar refractivity (Wildman–Crippen MR) is 99.5 cm³/mol. The predicted octanol–water partition coefficient (Wildman–Crippen LogP) is 1.37. The number of hydrogen-bond donors (Lipinski definition) is 0. The summed E-state index contributed by atoms with van der Waals surface area (Å²) in [6, 6.07) is 11.9. The fourth-order valence-corrected chi connectivity index (χ4v) is 3.03. The molecule has 0 saturated carbocycles. The molecule has 1 heterocycles. The van der Waals surface area contributed by atoms with E-state index in [1.54, 1.807) is 48.5 Å². The van der Waals surface area contributed by atoms with E-state index < -0.39 is 24.2 Å². The molecule has 2 amide bonds. The molecule has 0 radical (unpaired) electrons. The highest BCUT2D eigenvalue weighted by Crippen LogP contribution is 2.32. The van der Waals surface area contributed by atoms with Crippen molar-refractivity contribution in [3.63, 3.8) is 0 Å². The molecule has 1 aliphatic heterocycles. The molecule has 0 aliphatic carbocycles. The van der Waals surface area contributed by atoms with Crippen LogP contribution in [-0.2, 0) is 9.59 Å². The van der Waals surface area contributed by atoms with Gasteiger partial charge in [-0.1, -0.05) is 18.2 Å². The van der Waals surface area contributed by atoms with Gasteiger partial charge in [-0.05, 0) is 35.4 Å². The number of benzene rings is 2. The number of carbonyl (C=O) groups excluding carboxylic acids is 3. The molecule has 0 saturated heterocycles.